The quantitative estimate of drug-likeness (QED) is 0.804. The summed E-state index contributed by atoms with van der Waals surface area (Å²) in [4.78, 5) is 31.4. The minimum Gasteiger partial charge on any atom is -0.444 e. The Hall–Kier alpha value is -2.09. The summed E-state index contributed by atoms with van der Waals surface area (Å²) >= 11 is 0. The molecule has 2 heterocycles. The van der Waals surface area contributed by atoms with Crippen LogP contribution in [0.4, 0.5) is 4.79 Å². The maximum atomic E-state index is 13.1. The normalized spacial score (nSPS) is 29.9. The van der Waals surface area contributed by atoms with E-state index >= 15 is 0 Å². The fourth-order valence-corrected chi connectivity index (χ4v) is 4.74. The zero-order chi connectivity index (χ0) is 21.4. The lowest BCUT2D eigenvalue weighted by molar-refractivity contribution is -0.00901. The summed E-state index contributed by atoms with van der Waals surface area (Å²) in [6, 6.07) is -0.341. The molecular weight excluding hydrogens is 372 g/mol. The van der Waals surface area contributed by atoms with E-state index in [0.29, 0.717) is 18.7 Å². The molecule has 3 rings (SSSR count). The second-order valence-electron chi connectivity index (χ2n) is 9.70. The topological polar surface area (TPSA) is 96.7 Å². The van der Waals surface area contributed by atoms with Crippen LogP contribution < -0.4 is 5.32 Å². The zero-order valence-electron chi connectivity index (χ0n) is 18.1. The largest absolute Gasteiger partial charge is 0.444 e. The van der Waals surface area contributed by atoms with Gasteiger partial charge in [0.1, 0.15) is 11.3 Å². The molecule has 0 bridgehead atoms. The van der Waals surface area contributed by atoms with Gasteiger partial charge >= 0.3 is 6.09 Å². The van der Waals surface area contributed by atoms with Gasteiger partial charge in [-0.25, -0.2) is 9.78 Å². The minimum atomic E-state index is -0.610. The standard InChI is InChI=1S/C21H34N4O4/c1-20(2,3)29-19(28)25-14(11-22-18(27)15-12-24(5)13-23-15)10-21(4)16(25)8-6-7-9-17(21)26/h12-14,16-17,26H,6-11H2,1-5H3,(H,22,27)/t14-,16-,17+,21-/m1/s1. The van der Waals surface area contributed by atoms with E-state index < -0.39 is 17.1 Å². The van der Waals surface area contributed by atoms with E-state index in [9.17, 15) is 14.7 Å². The monoisotopic (exact) mass is 406 g/mol. The Morgan fingerprint density at radius 2 is 2.03 bits per heavy atom. The fourth-order valence-electron chi connectivity index (χ4n) is 4.74. The molecule has 0 radical (unpaired) electrons. The molecule has 1 aliphatic carbocycles. The van der Waals surface area contributed by atoms with Crippen LogP contribution in [0.2, 0.25) is 0 Å². The Morgan fingerprint density at radius 1 is 1.34 bits per heavy atom. The van der Waals surface area contributed by atoms with Gasteiger partial charge in [-0.1, -0.05) is 19.8 Å². The number of fused-ring (bicyclic) bond motifs is 1. The van der Waals surface area contributed by atoms with Crippen LogP contribution >= 0.6 is 0 Å². The number of amides is 2. The van der Waals surface area contributed by atoms with Crippen LogP contribution in [0, 0.1) is 5.41 Å². The van der Waals surface area contributed by atoms with Crippen molar-refractivity contribution in [2.45, 2.75) is 83.6 Å². The first kappa shape index (κ1) is 21.6. The van der Waals surface area contributed by atoms with Gasteiger partial charge in [0.05, 0.1) is 18.5 Å². The molecule has 0 aromatic carbocycles. The Morgan fingerprint density at radius 3 is 2.66 bits per heavy atom. The minimum absolute atomic E-state index is 0.105. The first-order valence-corrected chi connectivity index (χ1v) is 10.5. The van der Waals surface area contributed by atoms with Gasteiger partial charge in [-0.05, 0) is 40.0 Å². The molecule has 1 saturated heterocycles. The maximum absolute atomic E-state index is 13.1. The third kappa shape index (κ3) is 4.57. The molecular formula is C21H34N4O4. The second-order valence-corrected chi connectivity index (χ2v) is 9.70. The van der Waals surface area contributed by atoms with E-state index in [1.54, 1.807) is 29.0 Å². The van der Waals surface area contributed by atoms with Gasteiger partial charge in [0.15, 0.2) is 0 Å². The van der Waals surface area contributed by atoms with E-state index in [4.69, 9.17) is 4.74 Å². The van der Waals surface area contributed by atoms with E-state index in [2.05, 4.69) is 17.2 Å². The van der Waals surface area contributed by atoms with Crippen LogP contribution in [-0.2, 0) is 11.8 Å². The maximum Gasteiger partial charge on any atom is 0.410 e. The van der Waals surface area contributed by atoms with Crippen molar-refractivity contribution in [3.8, 4) is 0 Å². The van der Waals surface area contributed by atoms with Gasteiger partial charge in [0, 0.05) is 31.2 Å². The van der Waals surface area contributed by atoms with Crippen molar-refractivity contribution in [3.05, 3.63) is 18.2 Å². The number of carbonyl (C=O) groups excluding carboxylic acids is 2. The van der Waals surface area contributed by atoms with Gasteiger partial charge in [-0.3, -0.25) is 9.69 Å². The SMILES string of the molecule is Cn1cnc(C(=O)NC[C@H]2C[C@@]3(C)[C@@H](O)CCCC[C@H]3N2C(=O)OC(C)(C)C)c1. The highest BCUT2D eigenvalue weighted by Crippen LogP contribution is 2.48. The number of aliphatic hydroxyl groups is 1. The highest BCUT2D eigenvalue weighted by molar-refractivity contribution is 5.92. The van der Waals surface area contributed by atoms with Crippen molar-refractivity contribution in [1.82, 2.24) is 19.8 Å². The van der Waals surface area contributed by atoms with Crippen molar-refractivity contribution >= 4 is 12.0 Å². The van der Waals surface area contributed by atoms with Gasteiger partial charge in [-0.15, -0.1) is 0 Å². The summed E-state index contributed by atoms with van der Waals surface area (Å²) in [6.07, 6.45) is 6.49. The number of aromatic nitrogens is 2. The smallest absolute Gasteiger partial charge is 0.410 e. The number of likely N-dealkylation sites (tertiary alicyclic amines) is 1. The zero-order valence-corrected chi connectivity index (χ0v) is 18.1. The second kappa shape index (κ2) is 7.97. The lowest BCUT2D eigenvalue weighted by atomic mass is 9.75. The predicted octanol–water partition coefficient (Wildman–Crippen LogP) is 2.47. The highest BCUT2D eigenvalue weighted by Gasteiger charge is 2.55. The average Bonchev–Trinajstić information content (AvgIpc) is 3.13. The molecule has 162 valence electrons. The lowest BCUT2D eigenvalue weighted by Crippen LogP contribution is -2.50. The van der Waals surface area contributed by atoms with E-state index in [1.165, 1.54) is 0 Å². The van der Waals surface area contributed by atoms with E-state index in [1.807, 2.05) is 20.8 Å². The molecule has 1 aromatic heterocycles. The van der Waals surface area contributed by atoms with Crippen molar-refractivity contribution in [3.63, 3.8) is 0 Å². The van der Waals surface area contributed by atoms with Crippen molar-refractivity contribution in [2.75, 3.05) is 6.54 Å². The number of aryl methyl sites for hydroxylation is 1. The summed E-state index contributed by atoms with van der Waals surface area (Å²) in [6.45, 7) is 7.90. The number of ether oxygens (including phenoxy) is 1. The number of hydrogen-bond donors (Lipinski definition) is 2. The van der Waals surface area contributed by atoms with Crippen molar-refractivity contribution < 1.29 is 19.4 Å². The lowest BCUT2D eigenvalue weighted by Gasteiger charge is -2.37. The number of rotatable bonds is 3. The van der Waals surface area contributed by atoms with Crippen LogP contribution in [0.25, 0.3) is 0 Å². The average molecular weight is 407 g/mol. The number of aliphatic hydroxyl groups excluding tert-OH is 1. The molecule has 2 amide bonds. The Kier molecular flexibility index (Phi) is 5.94. The Balaban J connectivity index is 1.80. The molecule has 4 atom stereocenters. The molecule has 29 heavy (non-hydrogen) atoms. The molecule has 8 nitrogen and oxygen atoms in total. The van der Waals surface area contributed by atoms with Crippen molar-refractivity contribution in [2.24, 2.45) is 12.5 Å². The van der Waals surface area contributed by atoms with Crippen LogP contribution in [-0.4, -0.2) is 61.9 Å². The molecule has 2 aliphatic rings. The van der Waals surface area contributed by atoms with Gasteiger partial charge < -0.3 is 19.7 Å². The van der Waals surface area contributed by atoms with Gasteiger partial charge in [-0.2, -0.15) is 0 Å². The molecule has 0 spiro atoms. The molecule has 8 heteroatoms. The molecule has 1 saturated carbocycles. The van der Waals surface area contributed by atoms with Crippen LogP contribution in [0.1, 0.15) is 70.3 Å². The Bertz CT molecular complexity index is 756. The number of nitrogens with one attached hydrogen (secondary N) is 1. The first-order chi connectivity index (χ1) is 13.5. The summed E-state index contributed by atoms with van der Waals surface area (Å²) in [5, 5.41) is 13.8. The Labute approximate surface area is 172 Å². The molecule has 2 fully saturated rings. The number of hydrogen-bond acceptors (Lipinski definition) is 5. The number of carbonyl (C=O) groups is 2. The third-order valence-electron chi connectivity index (χ3n) is 6.17. The predicted molar refractivity (Wildman–Crippen MR) is 108 cm³/mol. The highest BCUT2D eigenvalue weighted by atomic mass is 16.6. The van der Waals surface area contributed by atoms with Gasteiger partial charge in [0.25, 0.3) is 5.91 Å². The van der Waals surface area contributed by atoms with Crippen LogP contribution in [0.5, 0.6) is 0 Å². The first-order valence-electron chi connectivity index (χ1n) is 10.5. The summed E-state index contributed by atoms with van der Waals surface area (Å²) < 4.78 is 7.41. The molecule has 1 aliphatic heterocycles. The molecule has 1 aromatic rings. The summed E-state index contributed by atoms with van der Waals surface area (Å²) in [5.74, 6) is -0.271. The van der Waals surface area contributed by atoms with Gasteiger partial charge in [0.2, 0.25) is 0 Å². The summed E-state index contributed by atoms with van der Waals surface area (Å²) in [7, 11) is 1.81. The number of nitrogens with zero attached hydrogens (tertiary/aromatic N) is 3. The number of imidazole rings is 1. The van der Waals surface area contributed by atoms with Crippen LogP contribution in [0.15, 0.2) is 12.5 Å². The van der Waals surface area contributed by atoms with E-state index in [-0.39, 0.29) is 24.1 Å². The van der Waals surface area contributed by atoms with Crippen molar-refractivity contribution in [1.29, 1.82) is 0 Å². The fraction of sp³-hybridized carbons (Fsp3) is 0.762. The third-order valence-corrected chi connectivity index (χ3v) is 6.17. The summed E-state index contributed by atoms with van der Waals surface area (Å²) in [5.41, 5.74) is -0.676. The van der Waals surface area contributed by atoms with Crippen LogP contribution in [0.3, 0.4) is 0 Å². The molecule has 2 N–H and O–H groups in total. The van der Waals surface area contributed by atoms with E-state index in [0.717, 1.165) is 25.7 Å². The molecule has 0 unspecified atom stereocenters.